The van der Waals surface area contributed by atoms with E-state index in [0.29, 0.717) is 0 Å². The minimum atomic E-state index is 0.850. The van der Waals surface area contributed by atoms with E-state index in [4.69, 9.17) is 11.5 Å². The van der Waals surface area contributed by atoms with Crippen molar-refractivity contribution in [2.24, 2.45) is 4.99 Å². The molecule has 0 aliphatic rings. The zero-order valence-electron chi connectivity index (χ0n) is 10.2. The van der Waals surface area contributed by atoms with Gasteiger partial charge in [0.05, 0.1) is 5.69 Å². The molecule has 2 rings (SSSR count). The van der Waals surface area contributed by atoms with Crippen LogP contribution in [0.2, 0.25) is 0 Å². The van der Waals surface area contributed by atoms with Gasteiger partial charge >= 0.3 is 0 Å². The summed E-state index contributed by atoms with van der Waals surface area (Å²) in [6.45, 7) is 0. The second-order valence-electron chi connectivity index (χ2n) is 3.36. The SMILES string of the molecule is C#Cc1cccc(N=Cc2ccccc2)c1.CO. The van der Waals surface area contributed by atoms with E-state index in [1.807, 2.05) is 60.8 Å². The van der Waals surface area contributed by atoms with E-state index in [-0.39, 0.29) is 0 Å². The van der Waals surface area contributed by atoms with E-state index in [9.17, 15) is 0 Å². The topological polar surface area (TPSA) is 32.6 Å². The van der Waals surface area contributed by atoms with Crippen LogP contribution in [0, 0.1) is 12.3 Å². The molecule has 0 atom stereocenters. The summed E-state index contributed by atoms with van der Waals surface area (Å²) >= 11 is 0. The minimum Gasteiger partial charge on any atom is -0.400 e. The van der Waals surface area contributed by atoms with Crippen LogP contribution in [0.25, 0.3) is 0 Å². The molecular weight excluding hydrogens is 222 g/mol. The lowest BCUT2D eigenvalue weighted by molar-refractivity contribution is 0.399. The van der Waals surface area contributed by atoms with Crippen LogP contribution in [-0.2, 0) is 0 Å². The third-order valence-electron chi connectivity index (χ3n) is 2.18. The standard InChI is InChI=1S/C15H11N.CH4O/c1-2-13-9-6-10-15(11-13)16-12-14-7-4-3-5-8-14;1-2/h1,3-12H;2H,1H3. The summed E-state index contributed by atoms with van der Waals surface area (Å²) in [5.41, 5.74) is 2.80. The summed E-state index contributed by atoms with van der Waals surface area (Å²) in [5, 5.41) is 7.00. The van der Waals surface area contributed by atoms with Gasteiger partial charge in [-0.3, -0.25) is 4.99 Å². The highest BCUT2D eigenvalue weighted by atomic mass is 16.2. The maximum absolute atomic E-state index is 7.00. The number of aliphatic hydroxyl groups excluding tert-OH is 1. The van der Waals surface area contributed by atoms with Crippen molar-refractivity contribution in [3.05, 3.63) is 65.7 Å². The summed E-state index contributed by atoms with van der Waals surface area (Å²) in [4.78, 5) is 4.36. The third-order valence-corrected chi connectivity index (χ3v) is 2.18. The van der Waals surface area contributed by atoms with Crippen LogP contribution in [0.15, 0.2) is 59.6 Å². The maximum atomic E-state index is 7.00. The van der Waals surface area contributed by atoms with Crippen molar-refractivity contribution in [1.82, 2.24) is 0 Å². The van der Waals surface area contributed by atoms with Gasteiger partial charge in [-0.2, -0.15) is 0 Å². The summed E-state index contributed by atoms with van der Waals surface area (Å²) in [7, 11) is 1.00. The van der Waals surface area contributed by atoms with Crippen LogP contribution in [0.3, 0.4) is 0 Å². The molecule has 0 aliphatic carbocycles. The predicted molar refractivity (Wildman–Crippen MR) is 76.2 cm³/mol. The Kier molecular flexibility index (Phi) is 5.96. The zero-order valence-corrected chi connectivity index (χ0v) is 10.2. The highest BCUT2D eigenvalue weighted by Gasteiger charge is 1.90. The largest absolute Gasteiger partial charge is 0.400 e. The van der Waals surface area contributed by atoms with Gasteiger partial charge in [-0.15, -0.1) is 6.42 Å². The second-order valence-corrected chi connectivity index (χ2v) is 3.36. The molecule has 0 fully saturated rings. The molecule has 0 aliphatic heterocycles. The molecule has 0 heterocycles. The fourth-order valence-electron chi connectivity index (χ4n) is 1.36. The number of aliphatic hydroxyl groups is 1. The van der Waals surface area contributed by atoms with E-state index in [1.165, 1.54) is 0 Å². The number of benzene rings is 2. The number of rotatable bonds is 2. The van der Waals surface area contributed by atoms with Crippen LogP contribution in [0.4, 0.5) is 5.69 Å². The quantitative estimate of drug-likeness (QED) is 0.632. The van der Waals surface area contributed by atoms with E-state index < -0.39 is 0 Å². The molecule has 2 aromatic rings. The number of nitrogens with zero attached hydrogens (tertiary/aromatic N) is 1. The van der Waals surface area contributed by atoms with Crippen LogP contribution in [0.5, 0.6) is 0 Å². The first-order valence-corrected chi connectivity index (χ1v) is 5.49. The lowest BCUT2D eigenvalue weighted by Gasteiger charge is -1.95. The van der Waals surface area contributed by atoms with Gasteiger partial charge in [0, 0.05) is 18.9 Å². The molecule has 0 saturated heterocycles. The van der Waals surface area contributed by atoms with Crippen molar-refractivity contribution in [1.29, 1.82) is 0 Å². The number of hydrogen-bond donors (Lipinski definition) is 1. The molecule has 0 bridgehead atoms. The lowest BCUT2D eigenvalue weighted by atomic mass is 10.2. The average molecular weight is 237 g/mol. The predicted octanol–water partition coefficient (Wildman–Crippen LogP) is 3.03. The monoisotopic (exact) mass is 237 g/mol. The van der Waals surface area contributed by atoms with Gasteiger partial charge in [0.15, 0.2) is 0 Å². The van der Waals surface area contributed by atoms with Crippen LogP contribution >= 0.6 is 0 Å². The molecule has 18 heavy (non-hydrogen) atoms. The van der Waals surface area contributed by atoms with E-state index in [2.05, 4.69) is 10.9 Å². The van der Waals surface area contributed by atoms with Crippen LogP contribution in [0.1, 0.15) is 11.1 Å². The Hall–Kier alpha value is -2.37. The second kappa shape index (κ2) is 7.83. The Bertz CT molecular complexity index is 539. The molecule has 0 spiro atoms. The first kappa shape index (κ1) is 13.7. The van der Waals surface area contributed by atoms with Gasteiger partial charge in [0.25, 0.3) is 0 Å². The Balaban J connectivity index is 0.000000771. The molecule has 0 amide bonds. The molecule has 2 aromatic carbocycles. The molecule has 1 N–H and O–H groups in total. The van der Waals surface area contributed by atoms with Crippen LogP contribution < -0.4 is 0 Å². The molecule has 0 aromatic heterocycles. The smallest absolute Gasteiger partial charge is 0.0642 e. The Morgan fingerprint density at radius 1 is 1.06 bits per heavy atom. The van der Waals surface area contributed by atoms with Gasteiger partial charge in [-0.25, -0.2) is 0 Å². The van der Waals surface area contributed by atoms with Crippen molar-refractivity contribution in [3.8, 4) is 12.3 Å². The van der Waals surface area contributed by atoms with Gasteiger partial charge in [0.1, 0.15) is 0 Å². The summed E-state index contributed by atoms with van der Waals surface area (Å²) < 4.78 is 0. The zero-order chi connectivity index (χ0) is 13.2. The third kappa shape index (κ3) is 4.25. The van der Waals surface area contributed by atoms with E-state index >= 15 is 0 Å². The molecular formula is C16H15NO. The molecule has 0 radical (unpaired) electrons. The first-order valence-electron chi connectivity index (χ1n) is 5.49. The summed E-state index contributed by atoms with van der Waals surface area (Å²) in [5.74, 6) is 2.59. The molecule has 2 nitrogen and oxygen atoms in total. The number of hydrogen-bond acceptors (Lipinski definition) is 2. The van der Waals surface area contributed by atoms with Gasteiger partial charge < -0.3 is 5.11 Å². The number of aliphatic imine (C=N–C) groups is 1. The van der Waals surface area contributed by atoms with Gasteiger partial charge in [0.2, 0.25) is 0 Å². The van der Waals surface area contributed by atoms with E-state index in [1.54, 1.807) is 0 Å². The Labute approximate surface area is 108 Å². The minimum absolute atomic E-state index is 0.850. The molecule has 2 heteroatoms. The summed E-state index contributed by atoms with van der Waals surface area (Å²) in [6.07, 6.45) is 7.15. The Morgan fingerprint density at radius 2 is 1.78 bits per heavy atom. The highest BCUT2D eigenvalue weighted by Crippen LogP contribution is 2.13. The Morgan fingerprint density at radius 3 is 2.44 bits per heavy atom. The van der Waals surface area contributed by atoms with Crippen molar-refractivity contribution >= 4 is 11.9 Å². The molecule has 0 saturated carbocycles. The number of terminal acetylenes is 1. The average Bonchev–Trinajstić information content (AvgIpc) is 2.48. The highest BCUT2D eigenvalue weighted by molar-refractivity contribution is 5.81. The maximum Gasteiger partial charge on any atom is 0.0642 e. The molecule has 90 valence electrons. The van der Waals surface area contributed by atoms with Crippen molar-refractivity contribution < 1.29 is 5.11 Å². The fraction of sp³-hybridized carbons (Fsp3) is 0.0625. The van der Waals surface area contributed by atoms with E-state index in [0.717, 1.165) is 23.9 Å². The van der Waals surface area contributed by atoms with Gasteiger partial charge in [-0.1, -0.05) is 42.3 Å². The first-order chi connectivity index (χ1) is 8.88. The molecule has 0 unspecified atom stereocenters. The fourth-order valence-corrected chi connectivity index (χ4v) is 1.36. The normalized spacial score (nSPS) is 9.39. The lowest BCUT2D eigenvalue weighted by Crippen LogP contribution is -1.78. The van der Waals surface area contributed by atoms with Crippen LogP contribution in [-0.4, -0.2) is 18.4 Å². The summed E-state index contributed by atoms with van der Waals surface area (Å²) in [6, 6.07) is 17.6. The van der Waals surface area contributed by atoms with Crippen molar-refractivity contribution in [3.63, 3.8) is 0 Å². The van der Waals surface area contributed by atoms with Crippen molar-refractivity contribution in [2.75, 3.05) is 7.11 Å². The van der Waals surface area contributed by atoms with Crippen molar-refractivity contribution in [2.45, 2.75) is 0 Å². The van der Waals surface area contributed by atoms with Gasteiger partial charge in [-0.05, 0) is 23.8 Å².